The number of carbonyl (C=O) groups is 1. The van der Waals surface area contributed by atoms with E-state index in [0.717, 1.165) is 4.68 Å². The number of carbonyl (C=O) groups excluding carboxylic acids is 1. The fourth-order valence-corrected chi connectivity index (χ4v) is 3.64. The minimum atomic E-state index is -4.83. The van der Waals surface area contributed by atoms with Crippen LogP contribution in [0.5, 0.6) is 11.5 Å². The smallest absolute Gasteiger partial charge is 0.453 e. The number of benzene rings is 2. The maximum atomic E-state index is 13.4. The van der Waals surface area contributed by atoms with Gasteiger partial charge in [0.2, 0.25) is 5.95 Å². The molecule has 0 aliphatic carbocycles. The molecule has 8 nitrogen and oxygen atoms in total. The molecule has 1 amide bonds. The van der Waals surface area contributed by atoms with Crippen molar-refractivity contribution in [3.05, 3.63) is 71.2 Å². The van der Waals surface area contributed by atoms with E-state index in [1.807, 2.05) is 0 Å². The molecule has 35 heavy (non-hydrogen) atoms. The Morgan fingerprint density at radius 2 is 1.83 bits per heavy atom. The standard InChI is InChI=1S/C22H18F5N5O3/c1-11-16(18(33)29-14-5-3-4-6-15(14)34-2)17(12-7-9-13(10-8-12)35-20(23)24)32-21(28-11)30-19(31-32)22(25,26)27/h3-10,17,20H,1-2H3,(H,29,33)(H,28,30,31). The van der Waals surface area contributed by atoms with E-state index in [9.17, 15) is 26.7 Å². The lowest BCUT2D eigenvalue weighted by molar-refractivity contribution is -0.145. The number of nitrogens with one attached hydrogen (secondary N) is 2. The van der Waals surface area contributed by atoms with Crippen molar-refractivity contribution in [1.29, 1.82) is 0 Å². The Labute approximate surface area is 195 Å². The first-order valence-electron chi connectivity index (χ1n) is 10.1. The van der Waals surface area contributed by atoms with Crippen molar-refractivity contribution >= 4 is 17.5 Å². The Balaban J connectivity index is 1.79. The number of nitrogens with zero attached hydrogens (tertiary/aromatic N) is 3. The van der Waals surface area contributed by atoms with Crippen LogP contribution in [0, 0.1) is 0 Å². The largest absolute Gasteiger partial charge is 0.495 e. The lowest BCUT2D eigenvalue weighted by atomic mass is 9.95. The summed E-state index contributed by atoms with van der Waals surface area (Å²) in [5.41, 5.74) is 0.881. The van der Waals surface area contributed by atoms with Crippen molar-refractivity contribution in [2.75, 3.05) is 17.7 Å². The van der Waals surface area contributed by atoms with Crippen LogP contribution in [0.25, 0.3) is 0 Å². The van der Waals surface area contributed by atoms with Crippen LogP contribution in [0.4, 0.5) is 33.6 Å². The quantitative estimate of drug-likeness (QED) is 0.476. The summed E-state index contributed by atoms with van der Waals surface area (Å²) in [6.45, 7) is -1.55. The van der Waals surface area contributed by atoms with E-state index in [2.05, 4.69) is 25.5 Å². The minimum absolute atomic E-state index is 0.0320. The summed E-state index contributed by atoms with van der Waals surface area (Å²) in [5.74, 6) is -2.07. The van der Waals surface area contributed by atoms with Gasteiger partial charge in [0, 0.05) is 5.70 Å². The Hall–Kier alpha value is -4.16. The third kappa shape index (κ3) is 4.88. The van der Waals surface area contributed by atoms with Crippen molar-refractivity contribution in [3.63, 3.8) is 0 Å². The van der Waals surface area contributed by atoms with Crippen molar-refractivity contribution in [2.24, 2.45) is 0 Å². The Morgan fingerprint density at radius 3 is 2.46 bits per heavy atom. The van der Waals surface area contributed by atoms with Gasteiger partial charge < -0.3 is 20.1 Å². The highest BCUT2D eigenvalue weighted by molar-refractivity contribution is 6.06. The molecule has 1 aromatic heterocycles. The van der Waals surface area contributed by atoms with E-state index < -0.39 is 30.6 Å². The summed E-state index contributed by atoms with van der Waals surface area (Å²) in [4.78, 5) is 16.9. The number of para-hydroxylation sites is 2. The van der Waals surface area contributed by atoms with Crippen molar-refractivity contribution in [2.45, 2.75) is 25.8 Å². The predicted molar refractivity (Wildman–Crippen MR) is 114 cm³/mol. The van der Waals surface area contributed by atoms with Crippen LogP contribution >= 0.6 is 0 Å². The second-order valence-corrected chi connectivity index (χ2v) is 7.37. The van der Waals surface area contributed by atoms with Crippen LogP contribution in [-0.2, 0) is 11.0 Å². The molecule has 184 valence electrons. The van der Waals surface area contributed by atoms with Crippen LogP contribution in [-0.4, -0.2) is 34.4 Å². The van der Waals surface area contributed by atoms with E-state index in [0.29, 0.717) is 11.4 Å². The number of amides is 1. The minimum Gasteiger partial charge on any atom is -0.495 e. The number of fused-ring (bicyclic) bond motifs is 1. The zero-order chi connectivity index (χ0) is 25.3. The number of methoxy groups -OCH3 is 1. The highest BCUT2D eigenvalue weighted by Gasteiger charge is 2.41. The van der Waals surface area contributed by atoms with Crippen LogP contribution < -0.4 is 20.1 Å². The van der Waals surface area contributed by atoms with Gasteiger partial charge >= 0.3 is 12.8 Å². The first-order valence-corrected chi connectivity index (χ1v) is 10.1. The monoisotopic (exact) mass is 495 g/mol. The van der Waals surface area contributed by atoms with Crippen molar-refractivity contribution in [3.8, 4) is 11.5 Å². The Kier molecular flexibility index (Phi) is 6.33. The van der Waals surface area contributed by atoms with Gasteiger partial charge in [-0.15, -0.1) is 5.10 Å². The highest BCUT2D eigenvalue weighted by atomic mass is 19.4. The third-order valence-corrected chi connectivity index (χ3v) is 5.13. The summed E-state index contributed by atoms with van der Waals surface area (Å²) in [7, 11) is 1.42. The summed E-state index contributed by atoms with van der Waals surface area (Å²) >= 11 is 0. The molecule has 0 radical (unpaired) electrons. The number of hydrogen-bond acceptors (Lipinski definition) is 6. The van der Waals surface area contributed by atoms with Crippen LogP contribution in [0.3, 0.4) is 0 Å². The van der Waals surface area contributed by atoms with Gasteiger partial charge in [0.15, 0.2) is 0 Å². The summed E-state index contributed by atoms with van der Waals surface area (Å²) in [6, 6.07) is 10.6. The van der Waals surface area contributed by atoms with Gasteiger partial charge in [-0.3, -0.25) is 4.79 Å². The molecule has 4 rings (SSSR count). The Bertz CT molecular complexity index is 1270. The number of rotatable bonds is 6. The van der Waals surface area contributed by atoms with Gasteiger partial charge in [0.05, 0.1) is 18.4 Å². The predicted octanol–water partition coefficient (Wildman–Crippen LogP) is 4.83. The maximum absolute atomic E-state index is 13.4. The van der Waals surface area contributed by atoms with Gasteiger partial charge in [-0.05, 0) is 36.8 Å². The molecule has 2 heterocycles. The average Bonchev–Trinajstić information content (AvgIpc) is 3.23. The van der Waals surface area contributed by atoms with Crippen LogP contribution in [0.1, 0.15) is 24.4 Å². The number of ether oxygens (including phenoxy) is 2. The van der Waals surface area contributed by atoms with Gasteiger partial charge in [0.25, 0.3) is 11.7 Å². The van der Waals surface area contributed by atoms with E-state index in [1.54, 1.807) is 24.3 Å². The number of hydrogen-bond donors (Lipinski definition) is 2. The Morgan fingerprint density at radius 1 is 1.14 bits per heavy atom. The lowest BCUT2D eigenvalue weighted by Gasteiger charge is -2.29. The van der Waals surface area contributed by atoms with Crippen LogP contribution in [0.2, 0.25) is 0 Å². The number of alkyl halides is 5. The van der Waals surface area contributed by atoms with E-state index in [4.69, 9.17) is 4.74 Å². The molecular weight excluding hydrogens is 477 g/mol. The molecule has 0 bridgehead atoms. The van der Waals surface area contributed by atoms with Crippen molar-refractivity contribution in [1.82, 2.24) is 14.8 Å². The normalized spacial score (nSPS) is 15.5. The molecular formula is C22H18F5N5O3. The number of allylic oxidation sites excluding steroid dienone is 1. The first kappa shape index (κ1) is 24.0. The fourth-order valence-electron chi connectivity index (χ4n) is 3.64. The maximum Gasteiger partial charge on any atom is 0.453 e. The number of anilines is 2. The fraction of sp³-hybridized carbons (Fsp3) is 0.227. The second kappa shape index (κ2) is 9.24. The first-order chi connectivity index (χ1) is 16.6. The molecule has 0 spiro atoms. The highest BCUT2D eigenvalue weighted by Crippen LogP contribution is 2.39. The average molecular weight is 495 g/mol. The van der Waals surface area contributed by atoms with E-state index >= 15 is 0 Å². The zero-order valence-corrected chi connectivity index (χ0v) is 18.2. The molecule has 2 N–H and O–H groups in total. The van der Waals surface area contributed by atoms with Gasteiger partial charge in [0.1, 0.15) is 17.5 Å². The molecule has 1 aliphatic rings. The molecule has 0 fully saturated rings. The zero-order valence-electron chi connectivity index (χ0n) is 18.2. The van der Waals surface area contributed by atoms with E-state index in [1.165, 1.54) is 38.3 Å². The molecule has 3 aromatic rings. The molecule has 1 aliphatic heterocycles. The summed E-state index contributed by atoms with van der Waals surface area (Å²) in [5, 5.41) is 8.97. The topological polar surface area (TPSA) is 90.3 Å². The van der Waals surface area contributed by atoms with Gasteiger partial charge in [-0.1, -0.05) is 24.3 Å². The molecule has 13 heteroatoms. The second-order valence-electron chi connectivity index (χ2n) is 7.37. The SMILES string of the molecule is COc1ccccc1NC(=O)C1=C(C)Nc2nc(C(F)(F)F)nn2C1c1ccc(OC(F)F)cc1. The molecule has 0 saturated carbocycles. The van der Waals surface area contributed by atoms with Crippen molar-refractivity contribution < 1.29 is 36.2 Å². The van der Waals surface area contributed by atoms with Crippen LogP contribution in [0.15, 0.2) is 59.8 Å². The van der Waals surface area contributed by atoms with Gasteiger partial charge in [-0.25, -0.2) is 4.68 Å². The summed E-state index contributed by atoms with van der Waals surface area (Å²) in [6.07, 6.45) is -4.83. The van der Waals surface area contributed by atoms with Gasteiger partial charge in [-0.2, -0.15) is 26.9 Å². The molecule has 0 saturated heterocycles. The lowest BCUT2D eigenvalue weighted by Crippen LogP contribution is -2.31. The number of halogens is 5. The summed E-state index contributed by atoms with van der Waals surface area (Å²) < 4.78 is 75.6. The number of aromatic nitrogens is 3. The van der Waals surface area contributed by atoms with E-state index in [-0.39, 0.29) is 28.5 Å². The molecule has 1 atom stereocenters. The third-order valence-electron chi connectivity index (χ3n) is 5.13. The molecule has 1 unspecified atom stereocenters. The molecule has 2 aromatic carbocycles.